The molecule has 28 heavy (non-hydrogen) atoms. The average Bonchev–Trinajstić information content (AvgIpc) is 2.63. The molecule has 0 spiro atoms. The first-order chi connectivity index (χ1) is 13.6. The Morgan fingerprint density at radius 1 is 1.04 bits per heavy atom. The predicted molar refractivity (Wildman–Crippen MR) is 115 cm³/mol. The summed E-state index contributed by atoms with van der Waals surface area (Å²) in [5, 5.41) is 0.831. The van der Waals surface area contributed by atoms with Crippen molar-refractivity contribution in [2.75, 3.05) is 6.61 Å². The van der Waals surface area contributed by atoms with Gasteiger partial charge in [-0.05, 0) is 79.8 Å². The Morgan fingerprint density at radius 2 is 1.82 bits per heavy atom. The van der Waals surface area contributed by atoms with E-state index in [1.165, 1.54) is 42.4 Å². The van der Waals surface area contributed by atoms with Crippen LogP contribution < -0.4 is 4.74 Å². The molecular formula is C25H31ClO2. The van der Waals surface area contributed by atoms with Gasteiger partial charge in [0.2, 0.25) is 0 Å². The van der Waals surface area contributed by atoms with E-state index in [1.807, 2.05) is 25.1 Å². The van der Waals surface area contributed by atoms with E-state index in [0.717, 1.165) is 35.4 Å². The lowest BCUT2D eigenvalue weighted by molar-refractivity contribution is -0.0818. The van der Waals surface area contributed by atoms with E-state index in [-0.39, 0.29) is 6.10 Å². The van der Waals surface area contributed by atoms with Gasteiger partial charge >= 0.3 is 0 Å². The van der Waals surface area contributed by atoms with Crippen molar-refractivity contribution in [1.29, 1.82) is 0 Å². The third kappa shape index (κ3) is 4.55. The Morgan fingerprint density at radius 3 is 2.50 bits per heavy atom. The SMILES string of the molecule is CCOc1ccc(Cc2cc(C3CC(C4CCC4)CC(C)O3)ccc2Cl)cc1. The molecule has 2 aromatic carbocycles. The standard InChI is InChI=1S/C25H31ClO2/c1-3-27-23-10-7-18(8-11-23)14-22-15-20(9-12-24(22)26)25-16-21(13-17(2)28-25)19-5-4-6-19/h7-12,15,17,19,21,25H,3-6,13-14,16H2,1-2H3. The highest BCUT2D eigenvalue weighted by molar-refractivity contribution is 6.31. The fourth-order valence-corrected chi connectivity index (χ4v) is 4.90. The van der Waals surface area contributed by atoms with E-state index in [1.54, 1.807) is 0 Å². The Hall–Kier alpha value is -1.51. The van der Waals surface area contributed by atoms with Crippen molar-refractivity contribution in [2.45, 2.75) is 64.6 Å². The van der Waals surface area contributed by atoms with Crippen LogP contribution in [-0.4, -0.2) is 12.7 Å². The molecule has 2 aromatic rings. The van der Waals surface area contributed by atoms with Gasteiger partial charge in [0.1, 0.15) is 5.75 Å². The number of ether oxygens (including phenoxy) is 2. The van der Waals surface area contributed by atoms with Gasteiger partial charge in [-0.1, -0.05) is 55.1 Å². The van der Waals surface area contributed by atoms with Crippen LogP contribution >= 0.6 is 11.6 Å². The highest BCUT2D eigenvalue weighted by atomic mass is 35.5. The van der Waals surface area contributed by atoms with Crippen molar-refractivity contribution in [3.8, 4) is 5.75 Å². The topological polar surface area (TPSA) is 18.5 Å². The van der Waals surface area contributed by atoms with Crippen LogP contribution in [0.15, 0.2) is 42.5 Å². The molecule has 2 aliphatic rings. The summed E-state index contributed by atoms with van der Waals surface area (Å²) in [6, 6.07) is 14.8. The molecular weight excluding hydrogens is 368 g/mol. The number of rotatable bonds is 6. The van der Waals surface area contributed by atoms with Gasteiger partial charge in [0, 0.05) is 5.02 Å². The molecule has 1 saturated heterocycles. The first-order valence-corrected chi connectivity index (χ1v) is 11.2. The third-order valence-corrected chi connectivity index (χ3v) is 6.80. The molecule has 4 rings (SSSR count). The average molecular weight is 399 g/mol. The lowest BCUT2D eigenvalue weighted by Gasteiger charge is -2.41. The van der Waals surface area contributed by atoms with Crippen molar-refractivity contribution in [3.05, 3.63) is 64.2 Å². The van der Waals surface area contributed by atoms with E-state index in [4.69, 9.17) is 21.1 Å². The van der Waals surface area contributed by atoms with Crippen molar-refractivity contribution in [3.63, 3.8) is 0 Å². The number of hydrogen-bond donors (Lipinski definition) is 0. The van der Waals surface area contributed by atoms with Crippen LogP contribution in [0.4, 0.5) is 0 Å². The number of halogens is 1. The van der Waals surface area contributed by atoms with Gasteiger partial charge in [-0.3, -0.25) is 0 Å². The maximum Gasteiger partial charge on any atom is 0.119 e. The molecule has 0 bridgehead atoms. The monoisotopic (exact) mass is 398 g/mol. The maximum absolute atomic E-state index is 6.54. The molecule has 0 N–H and O–H groups in total. The van der Waals surface area contributed by atoms with E-state index in [2.05, 4.69) is 31.2 Å². The van der Waals surface area contributed by atoms with Gasteiger partial charge in [0.25, 0.3) is 0 Å². The first kappa shape index (κ1) is 19.8. The number of hydrogen-bond acceptors (Lipinski definition) is 2. The predicted octanol–water partition coefficient (Wildman–Crippen LogP) is 6.99. The smallest absolute Gasteiger partial charge is 0.119 e. The van der Waals surface area contributed by atoms with Crippen molar-refractivity contribution in [1.82, 2.24) is 0 Å². The summed E-state index contributed by atoms with van der Waals surface area (Å²) in [5.41, 5.74) is 3.69. The molecule has 2 fully saturated rings. The molecule has 1 aliphatic heterocycles. The molecule has 1 saturated carbocycles. The quantitative estimate of drug-likeness (QED) is 0.522. The van der Waals surface area contributed by atoms with Crippen LogP contribution in [0.3, 0.4) is 0 Å². The minimum Gasteiger partial charge on any atom is -0.494 e. The van der Waals surface area contributed by atoms with Gasteiger partial charge in [-0.25, -0.2) is 0 Å². The lowest BCUT2D eigenvalue weighted by atomic mass is 9.70. The fourth-order valence-electron chi connectivity index (χ4n) is 4.72. The van der Waals surface area contributed by atoms with Gasteiger partial charge in [0.15, 0.2) is 0 Å². The largest absolute Gasteiger partial charge is 0.494 e. The van der Waals surface area contributed by atoms with E-state index in [9.17, 15) is 0 Å². The highest BCUT2D eigenvalue weighted by Crippen LogP contribution is 2.45. The van der Waals surface area contributed by atoms with E-state index < -0.39 is 0 Å². The Balaban J connectivity index is 1.49. The first-order valence-electron chi connectivity index (χ1n) is 10.8. The zero-order chi connectivity index (χ0) is 19.5. The normalized spacial score (nSPS) is 25.3. The van der Waals surface area contributed by atoms with Crippen LogP contribution in [0.2, 0.25) is 5.02 Å². The minimum atomic E-state index is 0.200. The molecule has 2 nitrogen and oxygen atoms in total. The molecule has 3 heteroatoms. The molecule has 1 aliphatic carbocycles. The van der Waals surface area contributed by atoms with Crippen LogP contribution in [0.1, 0.15) is 68.7 Å². The van der Waals surface area contributed by atoms with E-state index >= 15 is 0 Å². The molecule has 3 atom stereocenters. The zero-order valence-corrected chi connectivity index (χ0v) is 17.8. The second kappa shape index (κ2) is 8.88. The Bertz CT molecular complexity index is 782. The molecule has 1 heterocycles. The van der Waals surface area contributed by atoms with Gasteiger partial charge in [-0.2, -0.15) is 0 Å². The number of benzene rings is 2. The fraction of sp³-hybridized carbons (Fsp3) is 0.520. The van der Waals surface area contributed by atoms with Crippen molar-refractivity contribution in [2.24, 2.45) is 11.8 Å². The maximum atomic E-state index is 6.54. The lowest BCUT2D eigenvalue weighted by Crippen LogP contribution is -2.33. The third-order valence-electron chi connectivity index (χ3n) is 6.44. The second-order valence-corrected chi connectivity index (χ2v) is 8.87. The summed E-state index contributed by atoms with van der Waals surface area (Å²) in [4.78, 5) is 0. The molecule has 0 aromatic heterocycles. The van der Waals surface area contributed by atoms with Crippen LogP contribution in [-0.2, 0) is 11.2 Å². The van der Waals surface area contributed by atoms with Gasteiger partial charge < -0.3 is 9.47 Å². The van der Waals surface area contributed by atoms with Crippen molar-refractivity contribution < 1.29 is 9.47 Å². The van der Waals surface area contributed by atoms with Crippen LogP contribution in [0.5, 0.6) is 5.75 Å². The highest BCUT2D eigenvalue weighted by Gasteiger charge is 2.35. The zero-order valence-electron chi connectivity index (χ0n) is 17.0. The van der Waals surface area contributed by atoms with Gasteiger partial charge in [-0.15, -0.1) is 0 Å². The van der Waals surface area contributed by atoms with Crippen LogP contribution in [0.25, 0.3) is 0 Å². The molecule has 150 valence electrons. The molecule has 3 unspecified atom stereocenters. The van der Waals surface area contributed by atoms with Crippen LogP contribution in [0, 0.1) is 11.8 Å². The minimum absolute atomic E-state index is 0.200. The van der Waals surface area contributed by atoms with Crippen molar-refractivity contribution >= 4 is 11.6 Å². The van der Waals surface area contributed by atoms with E-state index in [0.29, 0.717) is 12.7 Å². The molecule has 0 amide bonds. The Kier molecular flexibility index (Phi) is 6.28. The Labute approximate surface area is 174 Å². The second-order valence-electron chi connectivity index (χ2n) is 8.46. The molecule has 0 radical (unpaired) electrons. The summed E-state index contributed by atoms with van der Waals surface area (Å²) in [6.45, 7) is 4.92. The summed E-state index contributed by atoms with van der Waals surface area (Å²) >= 11 is 6.54. The summed E-state index contributed by atoms with van der Waals surface area (Å²) in [6.07, 6.45) is 7.97. The van der Waals surface area contributed by atoms with Gasteiger partial charge in [0.05, 0.1) is 18.8 Å². The summed E-state index contributed by atoms with van der Waals surface area (Å²) in [7, 11) is 0. The summed E-state index contributed by atoms with van der Waals surface area (Å²) in [5.74, 6) is 2.65. The summed E-state index contributed by atoms with van der Waals surface area (Å²) < 4.78 is 11.9.